The number of nitrogen functional groups attached to an aromatic ring is 1. The van der Waals surface area contributed by atoms with Crippen LogP contribution >= 0.6 is 0 Å². The molecule has 1 aromatic heterocycles. The first kappa shape index (κ1) is 16.8. The molecule has 1 rings (SSSR count). The predicted octanol–water partition coefficient (Wildman–Crippen LogP) is 0.535. The Hall–Kier alpha value is -1.22. The number of aromatic nitrogens is 2. The number of rotatable bonds is 4. The lowest BCUT2D eigenvalue weighted by Gasteiger charge is -2.33. The standard InChI is InChI=1S/C12H21N5O2S/c1-8(17(5)20(19)12(2,3)4)9-10(11(18)16-13)15-7-6-14-9/h6-8H,13H2,1-5H3,(H,16,18). The van der Waals surface area contributed by atoms with Crippen molar-refractivity contribution in [1.82, 2.24) is 19.7 Å². The summed E-state index contributed by atoms with van der Waals surface area (Å²) in [7, 11) is 1.73. The van der Waals surface area contributed by atoms with Gasteiger partial charge >= 0.3 is 0 Å². The lowest BCUT2D eigenvalue weighted by Crippen LogP contribution is -2.42. The van der Waals surface area contributed by atoms with Crippen molar-refractivity contribution in [2.75, 3.05) is 7.05 Å². The van der Waals surface area contributed by atoms with E-state index in [1.807, 2.05) is 33.1 Å². The van der Waals surface area contributed by atoms with Crippen molar-refractivity contribution >= 4 is 17.3 Å². The van der Waals surface area contributed by atoms with Crippen molar-refractivity contribution in [3.8, 4) is 0 Å². The lowest BCUT2D eigenvalue weighted by molar-refractivity contribution is 0.0945. The molecule has 0 bridgehead atoms. The van der Waals surface area contributed by atoms with Gasteiger partial charge in [-0.1, -0.05) is 0 Å². The van der Waals surface area contributed by atoms with Crippen LogP contribution in [0.25, 0.3) is 0 Å². The number of carbonyl (C=O) groups excluding carboxylic acids is 1. The SMILES string of the molecule is CC(c1nccnc1C(=O)NN)N(C)[S+]([O-])C(C)(C)C. The molecular weight excluding hydrogens is 278 g/mol. The summed E-state index contributed by atoms with van der Waals surface area (Å²) in [5.41, 5.74) is 2.62. The molecule has 0 fully saturated rings. The molecule has 0 radical (unpaired) electrons. The number of hydrogen-bond donors (Lipinski definition) is 2. The van der Waals surface area contributed by atoms with Gasteiger partial charge in [-0.3, -0.25) is 15.2 Å². The van der Waals surface area contributed by atoms with Crippen molar-refractivity contribution in [2.24, 2.45) is 5.84 Å². The Morgan fingerprint density at radius 1 is 1.45 bits per heavy atom. The molecule has 2 unspecified atom stereocenters. The lowest BCUT2D eigenvalue weighted by atomic mass is 10.1. The highest BCUT2D eigenvalue weighted by molar-refractivity contribution is 7.90. The van der Waals surface area contributed by atoms with Gasteiger partial charge < -0.3 is 4.55 Å². The number of carbonyl (C=O) groups is 1. The van der Waals surface area contributed by atoms with E-state index in [2.05, 4.69) is 9.97 Å². The van der Waals surface area contributed by atoms with Crippen LogP contribution in [-0.4, -0.2) is 36.5 Å². The average molecular weight is 299 g/mol. The molecule has 0 saturated heterocycles. The number of nitrogens with zero attached hydrogens (tertiary/aromatic N) is 3. The summed E-state index contributed by atoms with van der Waals surface area (Å²) < 4.78 is 13.7. The molecular formula is C12H21N5O2S. The van der Waals surface area contributed by atoms with E-state index in [9.17, 15) is 9.35 Å². The van der Waals surface area contributed by atoms with E-state index in [1.54, 1.807) is 11.4 Å². The number of hydrazine groups is 1. The van der Waals surface area contributed by atoms with Crippen molar-refractivity contribution in [3.05, 3.63) is 23.8 Å². The molecule has 8 heteroatoms. The van der Waals surface area contributed by atoms with Gasteiger partial charge in [-0.2, -0.15) is 0 Å². The van der Waals surface area contributed by atoms with E-state index in [1.165, 1.54) is 12.4 Å². The largest absolute Gasteiger partial charge is 0.597 e. The summed E-state index contributed by atoms with van der Waals surface area (Å²) in [5, 5.41) is 0. The Balaban J connectivity index is 3.09. The molecule has 1 heterocycles. The Labute approximate surface area is 122 Å². The van der Waals surface area contributed by atoms with Crippen LogP contribution in [0.2, 0.25) is 0 Å². The van der Waals surface area contributed by atoms with Gasteiger partial charge in [0.25, 0.3) is 5.91 Å². The Morgan fingerprint density at radius 3 is 2.50 bits per heavy atom. The summed E-state index contributed by atoms with van der Waals surface area (Å²) >= 11 is -1.23. The monoisotopic (exact) mass is 299 g/mol. The highest BCUT2D eigenvalue weighted by Crippen LogP contribution is 2.28. The van der Waals surface area contributed by atoms with Crippen LogP contribution in [0.5, 0.6) is 0 Å². The fraction of sp³-hybridized carbons (Fsp3) is 0.583. The van der Waals surface area contributed by atoms with E-state index < -0.39 is 22.0 Å². The van der Waals surface area contributed by atoms with E-state index in [0.717, 1.165) is 0 Å². The first-order valence-corrected chi connectivity index (χ1v) is 7.27. The average Bonchev–Trinajstić information content (AvgIpc) is 2.43. The summed E-state index contributed by atoms with van der Waals surface area (Å²) in [6.07, 6.45) is 2.91. The minimum atomic E-state index is -1.23. The quantitative estimate of drug-likeness (QED) is 0.363. The van der Waals surface area contributed by atoms with E-state index in [4.69, 9.17) is 5.84 Å². The van der Waals surface area contributed by atoms with Gasteiger partial charge in [0.1, 0.15) is 4.75 Å². The summed E-state index contributed by atoms with van der Waals surface area (Å²) in [6.45, 7) is 7.48. The zero-order valence-corrected chi connectivity index (χ0v) is 13.2. The molecule has 0 aliphatic rings. The highest BCUT2D eigenvalue weighted by atomic mass is 32.2. The second-order valence-electron chi connectivity index (χ2n) is 5.35. The number of hydrogen-bond acceptors (Lipinski definition) is 6. The zero-order valence-electron chi connectivity index (χ0n) is 12.4. The van der Waals surface area contributed by atoms with E-state index >= 15 is 0 Å². The van der Waals surface area contributed by atoms with Gasteiger partial charge in [0.15, 0.2) is 5.69 Å². The molecule has 7 nitrogen and oxygen atoms in total. The molecule has 112 valence electrons. The summed E-state index contributed by atoms with van der Waals surface area (Å²) in [5.74, 6) is 4.62. The Morgan fingerprint density at radius 2 is 2.00 bits per heavy atom. The third-order valence-electron chi connectivity index (χ3n) is 2.80. The van der Waals surface area contributed by atoms with Gasteiger partial charge in [0.05, 0.1) is 11.7 Å². The Bertz CT molecular complexity index is 477. The van der Waals surface area contributed by atoms with Gasteiger partial charge in [-0.05, 0) is 27.7 Å². The van der Waals surface area contributed by atoms with Crippen LogP contribution in [0.15, 0.2) is 12.4 Å². The summed E-state index contributed by atoms with van der Waals surface area (Å²) in [4.78, 5) is 19.9. The third kappa shape index (κ3) is 3.66. The smallest absolute Gasteiger partial charge is 0.285 e. The fourth-order valence-corrected chi connectivity index (χ4v) is 2.90. The van der Waals surface area contributed by atoms with Gasteiger partial charge in [-0.15, -0.1) is 4.31 Å². The first-order valence-electron chi connectivity index (χ1n) is 6.16. The number of nitrogens with one attached hydrogen (secondary N) is 1. The molecule has 2 atom stereocenters. The van der Waals surface area contributed by atoms with E-state index in [0.29, 0.717) is 5.69 Å². The minimum Gasteiger partial charge on any atom is -0.597 e. The van der Waals surface area contributed by atoms with Crippen molar-refractivity contribution in [1.29, 1.82) is 0 Å². The van der Waals surface area contributed by atoms with Crippen LogP contribution in [0.3, 0.4) is 0 Å². The maximum Gasteiger partial charge on any atom is 0.285 e. The summed E-state index contributed by atoms with van der Waals surface area (Å²) in [6, 6.07) is -0.337. The van der Waals surface area contributed by atoms with Gasteiger partial charge in [-0.25, -0.2) is 10.8 Å². The second-order valence-corrected chi connectivity index (χ2v) is 7.65. The van der Waals surface area contributed by atoms with E-state index in [-0.39, 0.29) is 11.7 Å². The van der Waals surface area contributed by atoms with Crippen molar-refractivity contribution in [3.63, 3.8) is 0 Å². The molecule has 1 aromatic rings. The third-order valence-corrected chi connectivity index (χ3v) is 4.69. The maximum absolute atomic E-state index is 12.4. The zero-order chi connectivity index (χ0) is 15.5. The molecule has 1 amide bonds. The number of amides is 1. The van der Waals surface area contributed by atoms with Crippen molar-refractivity contribution < 1.29 is 9.35 Å². The predicted molar refractivity (Wildman–Crippen MR) is 77.8 cm³/mol. The normalized spacial score (nSPS) is 15.0. The van der Waals surface area contributed by atoms with Gasteiger partial charge in [0.2, 0.25) is 0 Å². The molecule has 20 heavy (non-hydrogen) atoms. The van der Waals surface area contributed by atoms with Crippen LogP contribution in [0.4, 0.5) is 0 Å². The minimum absolute atomic E-state index is 0.139. The molecule has 0 aliphatic carbocycles. The fourth-order valence-electron chi connectivity index (χ4n) is 1.65. The second kappa shape index (κ2) is 6.49. The van der Waals surface area contributed by atoms with Crippen LogP contribution in [0, 0.1) is 0 Å². The highest BCUT2D eigenvalue weighted by Gasteiger charge is 2.35. The van der Waals surface area contributed by atoms with Crippen LogP contribution in [-0.2, 0) is 11.4 Å². The first-order chi connectivity index (χ1) is 9.20. The molecule has 0 spiro atoms. The Kier molecular flexibility index (Phi) is 5.46. The molecule has 0 aliphatic heterocycles. The topological polar surface area (TPSA) is 107 Å². The van der Waals surface area contributed by atoms with Crippen LogP contribution in [0.1, 0.15) is 49.9 Å². The molecule has 3 N–H and O–H groups in total. The van der Waals surface area contributed by atoms with Crippen molar-refractivity contribution in [2.45, 2.75) is 38.5 Å². The molecule has 0 aromatic carbocycles. The molecule has 0 saturated carbocycles. The van der Waals surface area contributed by atoms with Gasteiger partial charge in [0, 0.05) is 30.8 Å². The van der Waals surface area contributed by atoms with Crippen LogP contribution < -0.4 is 11.3 Å². The maximum atomic E-state index is 12.4. The number of nitrogens with two attached hydrogens (primary N) is 1.